The van der Waals surface area contributed by atoms with Crippen molar-refractivity contribution in [1.29, 1.82) is 0 Å². The average molecular weight is 433 g/mol. The predicted molar refractivity (Wildman–Crippen MR) is 125 cm³/mol. The molecule has 5 rings (SSSR count). The Labute approximate surface area is 185 Å². The Morgan fingerprint density at radius 1 is 0.871 bits per heavy atom. The van der Waals surface area contributed by atoms with Crippen molar-refractivity contribution in [3.05, 3.63) is 94.5 Å². The molecule has 31 heavy (non-hydrogen) atoms. The quantitative estimate of drug-likeness (QED) is 0.576. The highest BCUT2D eigenvalue weighted by molar-refractivity contribution is 7.89. The summed E-state index contributed by atoms with van der Waals surface area (Å²) >= 11 is 0. The van der Waals surface area contributed by atoms with Crippen LogP contribution in [0.25, 0.3) is 0 Å². The van der Waals surface area contributed by atoms with Crippen molar-refractivity contribution in [3.63, 3.8) is 0 Å². The first kappa shape index (κ1) is 20.3. The third-order valence-electron chi connectivity index (χ3n) is 6.64. The fraction of sp³-hybridized carbons (Fsp3) is 0.308. The van der Waals surface area contributed by atoms with Crippen LogP contribution in [0.15, 0.2) is 71.6 Å². The van der Waals surface area contributed by atoms with Crippen LogP contribution >= 0.6 is 0 Å². The van der Waals surface area contributed by atoms with Crippen molar-refractivity contribution in [3.8, 4) is 0 Å². The normalized spacial score (nSPS) is 21.1. The predicted octanol–water partition coefficient (Wildman–Crippen LogP) is 5.14. The Kier molecular flexibility index (Phi) is 4.91. The van der Waals surface area contributed by atoms with Gasteiger partial charge in [0, 0.05) is 12.2 Å². The number of aryl methyl sites for hydroxylation is 4. The number of para-hydroxylation sites is 1. The number of rotatable bonds is 3. The summed E-state index contributed by atoms with van der Waals surface area (Å²) in [5.74, 6) is 0. The minimum absolute atomic E-state index is 0.00603. The van der Waals surface area contributed by atoms with E-state index in [4.69, 9.17) is 0 Å². The van der Waals surface area contributed by atoms with E-state index in [9.17, 15) is 8.42 Å². The van der Waals surface area contributed by atoms with E-state index in [-0.39, 0.29) is 12.2 Å². The summed E-state index contributed by atoms with van der Waals surface area (Å²) < 4.78 is 29.8. The highest BCUT2D eigenvalue weighted by Gasteiger charge is 2.48. The first-order chi connectivity index (χ1) is 14.9. The largest absolute Gasteiger partial charge is 0.346 e. The number of benzene rings is 3. The Balaban J connectivity index is 1.65. The van der Waals surface area contributed by atoms with Crippen molar-refractivity contribution in [2.75, 3.05) is 11.4 Å². The summed E-state index contributed by atoms with van der Waals surface area (Å²) in [5, 5.41) is 0. The Morgan fingerprint density at radius 3 is 2.23 bits per heavy atom. The van der Waals surface area contributed by atoms with E-state index in [1.165, 1.54) is 5.56 Å². The molecule has 4 nitrogen and oxygen atoms in total. The van der Waals surface area contributed by atoms with Crippen molar-refractivity contribution < 1.29 is 8.42 Å². The average Bonchev–Trinajstić information content (AvgIpc) is 3.14. The van der Waals surface area contributed by atoms with Crippen LogP contribution in [0.3, 0.4) is 0 Å². The fourth-order valence-corrected chi connectivity index (χ4v) is 7.52. The molecule has 0 spiro atoms. The van der Waals surface area contributed by atoms with Gasteiger partial charge in [0.1, 0.15) is 0 Å². The first-order valence-corrected chi connectivity index (χ1v) is 12.3. The molecule has 2 aliphatic heterocycles. The molecule has 0 N–H and O–H groups in total. The summed E-state index contributed by atoms with van der Waals surface area (Å²) in [7, 11) is -3.64. The summed E-state index contributed by atoms with van der Waals surface area (Å²) in [6, 6.07) is 22.6. The van der Waals surface area contributed by atoms with Gasteiger partial charge in [-0.2, -0.15) is 4.31 Å². The molecule has 1 fully saturated rings. The summed E-state index contributed by atoms with van der Waals surface area (Å²) in [4.78, 5) is 2.80. The maximum atomic E-state index is 14.0. The van der Waals surface area contributed by atoms with Crippen LogP contribution in [0.5, 0.6) is 0 Å². The number of fused-ring (bicyclic) bond motifs is 3. The number of hydrogen-bond donors (Lipinski definition) is 0. The highest BCUT2D eigenvalue weighted by atomic mass is 32.2. The van der Waals surface area contributed by atoms with Gasteiger partial charge in [-0.3, -0.25) is 0 Å². The van der Waals surface area contributed by atoms with Crippen LogP contribution in [0, 0.1) is 20.8 Å². The Hall–Kier alpha value is -2.63. The van der Waals surface area contributed by atoms with E-state index in [2.05, 4.69) is 41.3 Å². The first-order valence-electron chi connectivity index (χ1n) is 10.9. The van der Waals surface area contributed by atoms with Gasteiger partial charge in [-0.05, 0) is 61.9 Å². The molecule has 3 aromatic rings. The maximum absolute atomic E-state index is 14.0. The molecular weight excluding hydrogens is 404 g/mol. The number of hydrogen-bond acceptors (Lipinski definition) is 3. The lowest BCUT2D eigenvalue weighted by molar-refractivity contribution is 0.363. The number of anilines is 1. The van der Waals surface area contributed by atoms with Gasteiger partial charge in [0.25, 0.3) is 0 Å². The minimum atomic E-state index is -3.64. The van der Waals surface area contributed by atoms with E-state index in [1.807, 2.05) is 51.1 Å². The molecule has 5 heteroatoms. The number of sulfonamides is 1. The van der Waals surface area contributed by atoms with Gasteiger partial charge in [0.2, 0.25) is 10.0 Å². The standard InChI is InChI=1S/C26H28N2O2S/c1-18-15-19(2)26(20(3)16-18)31(29,30)27-17-24(21-9-5-4-6-10-21)28-23-12-8-7-11-22(23)13-14-25(27)28/h4-12,15-16,24-25H,13-14,17H2,1-3H3/t24-,25+/m1/s1. The van der Waals surface area contributed by atoms with E-state index in [0.717, 1.165) is 40.8 Å². The third-order valence-corrected chi connectivity index (χ3v) is 8.81. The van der Waals surface area contributed by atoms with Crippen LogP contribution in [0.4, 0.5) is 5.69 Å². The molecule has 160 valence electrons. The van der Waals surface area contributed by atoms with Gasteiger partial charge < -0.3 is 4.90 Å². The molecule has 2 heterocycles. The van der Waals surface area contributed by atoms with Gasteiger partial charge in [0.05, 0.1) is 17.1 Å². The lowest BCUT2D eigenvalue weighted by Gasteiger charge is -2.38. The molecule has 0 amide bonds. The van der Waals surface area contributed by atoms with Gasteiger partial charge >= 0.3 is 0 Å². The maximum Gasteiger partial charge on any atom is 0.245 e. The molecule has 2 atom stereocenters. The van der Waals surface area contributed by atoms with E-state index < -0.39 is 10.0 Å². The monoisotopic (exact) mass is 432 g/mol. The molecular formula is C26H28N2O2S. The Morgan fingerprint density at radius 2 is 1.52 bits per heavy atom. The van der Waals surface area contributed by atoms with Gasteiger partial charge in [-0.1, -0.05) is 66.2 Å². The molecule has 1 saturated heterocycles. The van der Waals surface area contributed by atoms with Crippen LogP contribution in [-0.4, -0.2) is 25.4 Å². The SMILES string of the molecule is Cc1cc(C)c(S(=O)(=O)N2C[C@H](c3ccccc3)N3c4ccccc4CC[C@H]32)c(C)c1. The molecule has 0 aromatic heterocycles. The molecule has 0 radical (unpaired) electrons. The van der Waals surface area contributed by atoms with E-state index in [0.29, 0.717) is 11.4 Å². The zero-order valence-electron chi connectivity index (χ0n) is 18.2. The van der Waals surface area contributed by atoms with Gasteiger partial charge in [0.15, 0.2) is 0 Å². The molecule has 0 aliphatic carbocycles. The molecule has 0 bridgehead atoms. The van der Waals surface area contributed by atoms with Crippen molar-refractivity contribution in [2.24, 2.45) is 0 Å². The van der Waals surface area contributed by atoms with Crippen molar-refractivity contribution in [1.82, 2.24) is 4.31 Å². The smallest absolute Gasteiger partial charge is 0.245 e. The minimum Gasteiger partial charge on any atom is -0.346 e. The van der Waals surface area contributed by atoms with Crippen LogP contribution in [0.1, 0.15) is 40.3 Å². The second-order valence-corrected chi connectivity index (χ2v) is 10.6. The fourth-order valence-electron chi connectivity index (χ4n) is 5.49. The molecule has 3 aromatic carbocycles. The summed E-state index contributed by atoms with van der Waals surface area (Å²) in [6.45, 7) is 6.28. The van der Waals surface area contributed by atoms with Crippen molar-refractivity contribution in [2.45, 2.75) is 50.7 Å². The van der Waals surface area contributed by atoms with Crippen LogP contribution < -0.4 is 4.90 Å². The van der Waals surface area contributed by atoms with Crippen LogP contribution in [0.2, 0.25) is 0 Å². The molecule has 0 unspecified atom stereocenters. The van der Waals surface area contributed by atoms with E-state index >= 15 is 0 Å². The number of nitrogens with zero attached hydrogens (tertiary/aromatic N) is 2. The molecule has 2 aliphatic rings. The van der Waals surface area contributed by atoms with Gasteiger partial charge in [-0.25, -0.2) is 8.42 Å². The summed E-state index contributed by atoms with van der Waals surface area (Å²) in [5.41, 5.74) is 6.33. The topological polar surface area (TPSA) is 40.6 Å². The molecule has 0 saturated carbocycles. The van der Waals surface area contributed by atoms with Crippen molar-refractivity contribution >= 4 is 15.7 Å². The van der Waals surface area contributed by atoms with E-state index in [1.54, 1.807) is 4.31 Å². The van der Waals surface area contributed by atoms with Crippen LogP contribution in [-0.2, 0) is 16.4 Å². The second-order valence-electron chi connectivity index (χ2n) is 8.78. The zero-order valence-corrected chi connectivity index (χ0v) is 19.1. The highest BCUT2D eigenvalue weighted by Crippen LogP contribution is 2.45. The lowest BCUT2D eigenvalue weighted by atomic mass is 9.97. The summed E-state index contributed by atoms with van der Waals surface area (Å²) in [6.07, 6.45) is 1.51. The third kappa shape index (κ3) is 3.27. The Bertz CT molecular complexity index is 1210. The second kappa shape index (κ2) is 7.50. The lowest BCUT2D eigenvalue weighted by Crippen LogP contribution is -2.45. The van der Waals surface area contributed by atoms with Gasteiger partial charge in [-0.15, -0.1) is 0 Å². The zero-order chi connectivity index (χ0) is 21.8.